The van der Waals surface area contributed by atoms with Crippen LogP contribution in [0.1, 0.15) is 19.8 Å². The van der Waals surface area contributed by atoms with Gasteiger partial charge in [-0.1, -0.05) is 18.2 Å². The zero-order chi connectivity index (χ0) is 11.6. The third-order valence-electron chi connectivity index (χ3n) is 2.41. The molecule has 0 bridgehead atoms. The van der Waals surface area contributed by atoms with Crippen molar-refractivity contribution in [1.29, 1.82) is 0 Å². The Morgan fingerprint density at radius 3 is 2.69 bits per heavy atom. The summed E-state index contributed by atoms with van der Waals surface area (Å²) in [6.45, 7) is 2.59. The van der Waals surface area contributed by atoms with Gasteiger partial charge in [0.2, 0.25) is 0 Å². The highest BCUT2D eigenvalue weighted by Gasteiger charge is 2.03. The van der Waals surface area contributed by atoms with Gasteiger partial charge in [-0.2, -0.15) is 0 Å². The molecule has 1 N–H and O–H groups in total. The average molecular weight is 217 g/mol. The molecule has 0 saturated heterocycles. The second-order valence-electron chi connectivity index (χ2n) is 3.57. The van der Waals surface area contributed by atoms with E-state index in [1.165, 1.54) is 0 Å². The Morgan fingerprint density at radius 1 is 1.31 bits per heavy atom. The van der Waals surface area contributed by atoms with E-state index in [1.54, 1.807) is 0 Å². The van der Waals surface area contributed by atoms with Crippen molar-refractivity contribution in [2.45, 2.75) is 25.8 Å². The number of rotatable bonds is 6. The van der Waals surface area contributed by atoms with Crippen LogP contribution < -0.4 is 10.1 Å². The molecule has 1 aromatic rings. The van der Waals surface area contributed by atoms with Gasteiger partial charge < -0.3 is 10.1 Å². The SMILES string of the molecule is CC#CCC(CCOc1ccccc1)NC. The molecule has 1 unspecified atom stereocenters. The lowest BCUT2D eigenvalue weighted by Gasteiger charge is -2.13. The smallest absolute Gasteiger partial charge is 0.119 e. The van der Waals surface area contributed by atoms with E-state index in [1.807, 2.05) is 44.3 Å². The first-order chi connectivity index (χ1) is 7.86. The van der Waals surface area contributed by atoms with E-state index >= 15 is 0 Å². The van der Waals surface area contributed by atoms with Gasteiger partial charge in [0.1, 0.15) is 5.75 Å². The van der Waals surface area contributed by atoms with Gasteiger partial charge in [-0.15, -0.1) is 11.8 Å². The third kappa shape index (κ3) is 4.86. The van der Waals surface area contributed by atoms with Crippen molar-refractivity contribution in [3.8, 4) is 17.6 Å². The Bertz CT molecular complexity index is 337. The molecular weight excluding hydrogens is 198 g/mol. The first-order valence-electron chi connectivity index (χ1n) is 5.61. The van der Waals surface area contributed by atoms with E-state index in [9.17, 15) is 0 Å². The standard InChI is InChI=1S/C14H19NO/c1-3-4-8-13(15-2)11-12-16-14-9-6-5-7-10-14/h5-7,9-10,13,15H,8,11-12H2,1-2H3. The first kappa shape index (κ1) is 12.6. The molecule has 1 rings (SSSR count). The molecule has 0 amide bonds. The van der Waals surface area contributed by atoms with Gasteiger partial charge in [-0.3, -0.25) is 0 Å². The summed E-state index contributed by atoms with van der Waals surface area (Å²) in [4.78, 5) is 0. The molecule has 2 heteroatoms. The van der Waals surface area contributed by atoms with E-state index < -0.39 is 0 Å². The summed E-state index contributed by atoms with van der Waals surface area (Å²) in [6.07, 6.45) is 1.85. The molecule has 0 saturated carbocycles. The van der Waals surface area contributed by atoms with Gasteiger partial charge in [0, 0.05) is 12.5 Å². The zero-order valence-electron chi connectivity index (χ0n) is 9.99. The molecule has 0 spiro atoms. The van der Waals surface area contributed by atoms with Crippen molar-refractivity contribution in [1.82, 2.24) is 5.32 Å². The Morgan fingerprint density at radius 2 is 2.06 bits per heavy atom. The van der Waals surface area contributed by atoms with Gasteiger partial charge in [0.25, 0.3) is 0 Å². The normalized spacial score (nSPS) is 11.4. The molecule has 0 radical (unpaired) electrons. The molecule has 86 valence electrons. The molecule has 1 atom stereocenters. The first-order valence-corrected chi connectivity index (χ1v) is 5.61. The largest absolute Gasteiger partial charge is 0.494 e. The van der Waals surface area contributed by atoms with Crippen LogP contribution in [0.4, 0.5) is 0 Å². The fraction of sp³-hybridized carbons (Fsp3) is 0.429. The number of benzene rings is 1. The van der Waals surface area contributed by atoms with Crippen LogP contribution in [0, 0.1) is 11.8 Å². The fourth-order valence-electron chi connectivity index (χ4n) is 1.41. The topological polar surface area (TPSA) is 21.3 Å². The predicted octanol–water partition coefficient (Wildman–Crippen LogP) is 2.46. The minimum atomic E-state index is 0.413. The number of hydrogen-bond donors (Lipinski definition) is 1. The highest BCUT2D eigenvalue weighted by molar-refractivity contribution is 5.20. The molecule has 2 nitrogen and oxygen atoms in total. The van der Waals surface area contributed by atoms with Gasteiger partial charge in [0.05, 0.1) is 6.61 Å². The highest BCUT2D eigenvalue weighted by atomic mass is 16.5. The lowest BCUT2D eigenvalue weighted by atomic mass is 10.1. The highest BCUT2D eigenvalue weighted by Crippen LogP contribution is 2.09. The summed E-state index contributed by atoms with van der Waals surface area (Å²) in [6, 6.07) is 10.3. The number of para-hydroxylation sites is 1. The Hall–Kier alpha value is -1.46. The van der Waals surface area contributed by atoms with Crippen LogP contribution in [0.2, 0.25) is 0 Å². The van der Waals surface area contributed by atoms with Gasteiger partial charge in [0.15, 0.2) is 0 Å². The van der Waals surface area contributed by atoms with Crippen molar-refractivity contribution in [2.75, 3.05) is 13.7 Å². The molecular formula is C14H19NO. The predicted molar refractivity (Wildman–Crippen MR) is 67.5 cm³/mol. The quantitative estimate of drug-likeness (QED) is 0.739. The summed E-state index contributed by atoms with van der Waals surface area (Å²) in [5, 5.41) is 3.24. The molecule has 0 heterocycles. The lowest BCUT2D eigenvalue weighted by molar-refractivity contribution is 0.290. The van der Waals surface area contributed by atoms with Crippen LogP contribution >= 0.6 is 0 Å². The lowest BCUT2D eigenvalue weighted by Crippen LogP contribution is -2.26. The minimum Gasteiger partial charge on any atom is -0.494 e. The summed E-state index contributed by atoms with van der Waals surface area (Å²) < 4.78 is 5.63. The average Bonchev–Trinajstić information content (AvgIpc) is 2.35. The van der Waals surface area contributed by atoms with Crippen molar-refractivity contribution in [3.05, 3.63) is 30.3 Å². The molecule has 0 aromatic heterocycles. The molecule has 1 aromatic carbocycles. The minimum absolute atomic E-state index is 0.413. The van der Waals surface area contributed by atoms with E-state index in [-0.39, 0.29) is 0 Å². The van der Waals surface area contributed by atoms with E-state index in [0.29, 0.717) is 6.04 Å². The summed E-state index contributed by atoms with van der Waals surface area (Å²) in [5.74, 6) is 6.92. The molecule has 0 aliphatic heterocycles. The van der Waals surface area contributed by atoms with Crippen LogP contribution in [-0.4, -0.2) is 19.7 Å². The number of hydrogen-bond acceptors (Lipinski definition) is 2. The van der Waals surface area contributed by atoms with Gasteiger partial charge in [-0.25, -0.2) is 0 Å². The van der Waals surface area contributed by atoms with Crippen molar-refractivity contribution < 1.29 is 4.74 Å². The number of ether oxygens (including phenoxy) is 1. The third-order valence-corrected chi connectivity index (χ3v) is 2.41. The maximum Gasteiger partial charge on any atom is 0.119 e. The Labute approximate surface area is 98.0 Å². The van der Waals surface area contributed by atoms with Crippen molar-refractivity contribution in [3.63, 3.8) is 0 Å². The maximum absolute atomic E-state index is 5.63. The summed E-state index contributed by atoms with van der Waals surface area (Å²) in [5.41, 5.74) is 0. The van der Waals surface area contributed by atoms with E-state index in [4.69, 9.17) is 4.74 Å². The van der Waals surface area contributed by atoms with Crippen LogP contribution in [0.5, 0.6) is 5.75 Å². The van der Waals surface area contributed by atoms with E-state index in [0.717, 1.165) is 25.2 Å². The second-order valence-corrected chi connectivity index (χ2v) is 3.57. The fourth-order valence-corrected chi connectivity index (χ4v) is 1.41. The summed E-state index contributed by atoms with van der Waals surface area (Å²) >= 11 is 0. The van der Waals surface area contributed by atoms with Gasteiger partial charge in [-0.05, 0) is 32.5 Å². The molecule has 0 aliphatic carbocycles. The summed E-state index contributed by atoms with van der Waals surface area (Å²) in [7, 11) is 1.96. The molecule has 0 aliphatic rings. The van der Waals surface area contributed by atoms with Gasteiger partial charge >= 0.3 is 0 Å². The van der Waals surface area contributed by atoms with Crippen LogP contribution in [0.3, 0.4) is 0 Å². The van der Waals surface area contributed by atoms with E-state index in [2.05, 4.69) is 17.2 Å². The molecule has 0 fully saturated rings. The maximum atomic E-state index is 5.63. The number of nitrogens with one attached hydrogen (secondary N) is 1. The second kappa shape index (κ2) is 7.78. The molecule has 16 heavy (non-hydrogen) atoms. The van der Waals surface area contributed by atoms with Crippen LogP contribution in [0.15, 0.2) is 30.3 Å². The Kier molecular flexibility index (Phi) is 6.13. The monoisotopic (exact) mass is 217 g/mol. The zero-order valence-corrected chi connectivity index (χ0v) is 9.99. The van der Waals surface area contributed by atoms with Crippen LogP contribution in [0.25, 0.3) is 0 Å². The Balaban J connectivity index is 2.25. The van der Waals surface area contributed by atoms with Crippen LogP contribution in [-0.2, 0) is 0 Å². The van der Waals surface area contributed by atoms with Crippen molar-refractivity contribution in [2.24, 2.45) is 0 Å². The van der Waals surface area contributed by atoms with Crippen molar-refractivity contribution >= 4 is 0 Å².